The Labute approximate surface area is 172 Å². The Morgan fingerprint density at radius 3 is 2.14 bits per heavy atom. The number of nitrogens with zero attached hydrogens (tertiary/aromatic N) is 2. The summed E-state index contributed by atoms with van der Waals surface area (Å²) in [6.07, 6.45) is 0. The molecule has 0 saturated carbocycles. The van der Waals surface area contributed by atoms with E-state index in [0.29, 0.717) is 12.1 Å². The van der Waals surface area contributed by atoms with Gasteiger partial charge in [-0.1, -0.05) is 60.7 Å². The average molecular weight is 386 g/mol. The standard InChI is InChI=1S/C25H27N3O/c29-25(23-11-5-2-6-12-23)26-19-22-10-7-13-24(18-22)28-16-14-27(15-17-28)20-21-8-3-1-4-9-21/h1-13,18H,14-17,19-20H2,(H,26,29). The number of hydrogen-bond acceptors (Lipinski definition) is 3. The number of piperazine rings is 1. The molecule has 1 aliphatic rings. The second-order valence-electron chi connectivity index (χ2n) is 7.47. The molecule has 3 aromatic rings. The van der Waals surface area contributed by atoms with Crippen molar-refractivity contribution in [2.45, 2.75) is 13.1 Å². The van der Waals surface area contributed by atoms with Gasteiger partial charge in [0.15, 0.2) is 0 Å². The van der Waals surface area contributed by atoms with Crippen LogP contribution in [0.3, 0.4) is 0 Å². The highest BCUT2D eigenvalue weighted by Crippen LogP contribution is 2.19. The fourth-order valence-electron chi connectivity index (χ4n) is 3.74. The first-order valence-electron chi connectivity index (χ1n) is 10.2. The maximum absolute atomic E-state index is 12.3. The summed E-state index contributed by atoms with van der Waals surface area (Å²) in [5, 5.41) is 3.01. The topological polar surface area (TPSA) is 35.6 Å². The zero-order chi connectivity index (χ0) is 19.9. The monoisotopic (exact) mass is 385 g/mol. The van der Waals surface area contributed by atoms with Gasteiger partial charge in [-0.3, -0.25) is 9.69 Å². The Morgan fingerprint density at radius 2 is 1.41 bits per heavy atom. The van der Waals surface area contributed by atoms with Crippen molar-refractivity contribution in [1.29, 1.82) is 0 Å². The van der Waals surface area contributed by atoms with Crippen LogP contribution in [0.15, 0.2) is 84.9 Å². The summed E-state index contributed by atoms with van der Waals surface area (Å²) < 4.78 is 0. The van der Waals surface area contributed by atoms with E-state index in [4.69, 9.17) is 0 Å². The lowest BCUT2D eigenvalue weighted by Gasteiger charge is -2.36. The quantitative estimate of drug-likeness (QED) is 0.698. The summed E-state index contributed by atoms with van der Waals surface area (Å²) >= 11 is 0. The predicted octanol–water partition coefficient (Wildman–Crippen LogP) is 3.94. The molecular formula is C25H27N3O. The first-order valence-corrected chi connectivity index (χ1v) is 10.2. The Kier molecular flexibility index (Phi) is 6.22. The van der Waals surface area contributed by atoms with Crippen molar-refractivity contribution in [1.82, 2.24) is 10.2 Å². The molecule has 0 unspecified atom stereocenters. The van der Waals surface area contributed by atoms with Crippen LogP contribution in [0.4, 0.5) is 5.69 Å². The molecule has 1 N–H and O–H groups in total. The Bertz CT molecular complexity index is 919. The van der Waals surface area contributed by atoms with Gasteiger partial charge in [-0.15, -0.1) is 0 Å². The highest BCUT2D eigenvalue weighted by molar-refractivity contribution is 5.94. The number of carbonyl (C=O) groups excluding carboxylic acids is 1. The number of hydrogen-bond donors (Lipinski definition) is 1. The smallest absolute Gasteiger partial charge is 0.251 e. The second kappa shape index (κ2) is 9.39. The van der Waals surface area contributed by atoms with Gasteiger partial charge in [0.25, 0.3) is 5.91 Å². The van der Waals surface area contributed by atoms with Crippen LogP contribution in [0, 0.1) is 0 Å². The lowest BCUT2D eigenvalue weighted by molar-refractivity contribution is 0.0951. The third-order valence-corrected chi connectivity index (χ3v) is 5.39. The summed E-state index contributed by atoms with van der Waals surface area (Å²) in [6, 6.07) is 28.5. The molecule has 1 heterocycles. The van der Waals surface area contributed by atoms with E-state index in [0.717, 1.165) is 38.3 Å². The van der Waals surface area contributed by atoms with Gasteiger partial charge in [0, 0.05) is 50.5 Å². The first-order chi connectivity index (χ1) is 14.3. The van der Waals surface area contributed by atoms with Crippen LogP contribution in [0.5, 0.6) is 0 Å². The average Bonchev–Trinajstić information content (AvgIpc) is 2.79. The van der Waals surface area contributed by atoms with E-state index in [1.807, 2.05) is 30.3 Å². The lowest BCUT2D eigenvalue weighted by atomic mass is 10.1. The van der Waals surface area contributed by atoms with Crippen LogP contribution >= 0.6 is 0 Å². The molecule has 1 saturated heterocycles. The van der Waals surface area contributed by atoms with Crippen LogP contribution in [-0.2, 0) is 13.1 Å². The fourth-order valence-corrected chi connectivity index (χ4v) is 3.74. The number of rotatable bonds is 6. The Hall–Kier alpha value is -3.11. The molecule has 4 nitrogen and oxygen atoms in total. The highest BCUT2D eigenvalue weighted by atomic mass is 16.1. The molecular weight excluding hydrogens is 358 g/mol. The van der Waals surface area contributed by atoms with Crippen molar-refractivity contribution < 1.29 is 4.79 Å². The number of benzene rings is 3. The SMILES string of the molecule is O=C(NCc1cccc(N2CCN(Cc3ccccc3)CC2)c1)c1ccccc1. The van der Waals surface area contributed by atoms with Crippen molar-refractivity contribution in [3.05, 3.63) is 102 Å². The molecule has 29 heavy (non-hydrogen) atoms. The van der Waals surface area contributed by atoms with Gasteiger partial charge < -0.3 is 10.2 Å². The van der Waals surface area contributed by atoms with Gasteiger partial charge in [-0.05, 0) is 35.4 Å². The van der Waals surface area contributed by atoms with Crippen LogP contribution in [-0.4, -0.2) is 37.0 Å². The first kappa shape index (κ1) is 19.2. The van der Waals surface area contributed by atoms with Crippen LogP contribution in [0.2, 0.25) is 0 Å². The number of amides is 1. The van der Waals surface area contributed by atoms with Crippen LogP contribution < -0.4 is 10.2 Å². The van der Waals surface area contributed by atoms with Gasteiger partial charge in [-0.25, -0.2) is 0 Å². The predicted molar refractivity (Wildman–Crippen MR) is 118 cm³/mol. The third-order valence-electron chi connectivity index (χ3n) is 5.39. The fraction of sp³-hybridized carbons (Fsp3) is 0.240. The van der Waals surface area contributed by atoms with Gasteiger partial charge in [0.05, 0.1) is 0 Å². The minimum Gasteiger partial charge on any atom is -0.369 e. The molecule has 0 aliphatic carbocycles. The Morgan fingerprint density at radius 1 is 0.759 bits per heavy atom. The van der Waals surface area contributed by atoms with Gasteiger partial charge in [-0.2, -0.15) is 0 Å². The van der Waals surface area contributed by atoms with Crippen LogP contribution in [0.1, 0.15) is 21.5 Å². The van der Waals surface area contributed by atoms with Crippen molar-refractivity contribution in [3.63, 3.8) is 0 Å². The van der Waals surface area contributed by atoms with Gasteiger partial charge in [0.1, 0.15) is 0 Å². The molecule has 1 aliphatic heterocycles. The van der Waals surface area contributed by atoms with Gasteiger partial charge >= 0.3 is 0 Å². The molecule has 0 spiro atoms. The lowest BCUT2D eigenvalue weighted by Crippen LogP contribution is -2.46. The molecule has 0 radical (unpaired) electrons. The van der Waals surface area contributed by atoms with E-state index in [2.05, 4.69) is 69.7 Å². The molecule has 1 amide bonds. The number of anilines is 1. The van der Waals surface area contributed by atoms with E-state index < -0.39 is 0 Å². The maximum atomic E-state index is 12.3. The summed E-state index contributed by atoms with van der Waals surface area (Å²) in [5.41, 5.74) is 4.42. The maximum Gasteiger partial charge on any atom is 0.251 e. The highest BCUT2D eigenvalue weighted by Gasteiger charge is 2.17. The zero-order valence-corrected chi connectivity index (χ0v) is 16.6. The summed E-state index contributed by atoms with van der Waals surface area (Å²) in [4.78, 5) is 17.2. The molecule has 1 fully saturated rings. The summed E-state index contributed by atoms with van der Waals surface area (Å²) in [7, 11) is 0. The minimum absolute atomic E-state index is 0.0365. The van der Waals surface area contributed by atoms with E-state index >= 15 is 0 Å². The normalized spacial score (nSPS) is 14.6. The van der Waals surface area contributed by atoms with Crippen molar-refractivity contribution in [2.24, 2.45) is 0 Å². The van der Waals surface area contributed by atoms with E-state index in [1.165, 1.54) is 11.3 Å². The number of nitrogens with one attached hydrogen (secondary N) is 1. The third kappa shape index (κ3) is 5.24. The number of carbonyl (C=O) groups is 1. The molecule has 148 valence electrons. The van der Waals surface area contributed by atoms with E-state index in [1.54, 1.807) is 0 Å². The van der Waals surface area contributed by atoms with Crippen LogP contribution in [0.25, 0.3) is 0 Å². The van der Waals surface area contributed by atoms with Crippen molar-refractivity contribution in [2.75, 3.05) is 31.1 Å². The summed E-state index contributed by atoms with van der Waals surface area (Å²) in [5.74, 6) is -0.0365. The molecule has 4 rings (SSSR count). The molecule has 0 atom stereocenters. The summed E-state index contributed by atoms with van der Waals surface area (Å²) in [6.45, 7) is 5.71. The van der Waals surface area contributed by atoms with Crippen molar-refractivity contribution >= 4 is 11.6 Å². The molecule has 3 aromatic carbocycles. The minimum atomic E-state index is -0.0365. The van der Waals surface area contributed by atoms with E-state index in [-0.39, 0.29) is 5.91 Å². The molecule has 4 heteroatoms. The Balaban J connectivity index is 1.30. The molecule has 0 aromatic heterocycles. The largest absolute Gasteiger partial charge is 0.369 e. The van der Waals surface area contributed by atoms with Gasteiger partial charge in [0.2, 0.25) is 0 Å². The second-order valence-corrected chi connectivity index (χ2v) is 7.47. The molecule has 0 bridgehead atoms. The van der Waals surface area contributed by atoms with Crippen molar-refractivity contribution in [3.8, 4) is 0 Å². The zero-order valence-electron chi connectivity index (χ0n) is 16.6. The van der Waals surface area contributed by atoms with E-state index in [9.17, 15) is 4.79 Å².